The molecule has 0 atom stereocenters. The van der Waals surface area contributed by atoms with Crippen molar-refractivity contribution in [1.29, 1.82) is 0 Å². The van der Waals surface area contributed by atoms with Crippen molar-refractivity contribution in [2.45, 2.75) is 6.04 Å². The van der Waals surface area contributed by atoms with Gasteiger partial charge in [0, 0.05) is 26.2 Å². The molecule has 0 saturated carbocycles. The number of nitrogens with one attached hydrogen (secondary N) is 1. The summed E-state index contributed by atoms with van der Waals surface area (Å²) in [5, 5.41) is 3.15. The summed E-state index contributed by atoms with van der Waals surface area (Å²) >= 11 is 0. The van der Waals surface area contributed by atoms with Gasteiger partial charge in [-0.05, 0) is 12.1 Å². The second-order valence-electron chi connectivity index (χ2n) is 4.29. The van der Waals surface area contributed by atoms with Crippen LogP contribution in [-0.4, -0.2) is 51.2 Å². The zero-order chi connectivity index (χ0) is 13.1. The Bertz CT molecular complexity index is 444. The standard InChI is InChI=1S/C13H18N2O3/c1-15(9-7-14-8-9)13(16)11-5-4-10(17-2)6-12(11)18-3/h4-6,9,14H,7-8H2,1-3H3. The van der Waals surface area contributed by atoms with Gasteiger partial charge in [-0.1, -0.05) is 0 Å². The van der Waals surface area contributed by atoms with Gasteiger partial charge in [0.05, 0.1) is 25.8 Å². The average molecular weight is 250 g/mol. The van der Waals surface area contributed by atoms with Gasteiger partial charge in [0.25, 0.3) is 5.91 Å². The van der Waals surface area contributed by atoms with Crippen LogP contribution >= 0.6 is 0 Å². The Morgan fingerprint density at radius 3 is 2.56 bits per heavy atom. The number of ether oxygens (including phenoxy) is 2. The van der Waals surface area contributed by atoms with Gasteiger partial charge in [-0.2, -0.15) is 0 Å². The Balaban J connectivity index is 2.23. The van der Waals surface area contributed by atoms with E-state index in [0.29, 0.717) is 17.1 Å². The normalized spacial score (nSPS) is 14.8. The zero-order valence-electron chi connectivity index (χ0n) is 10.9. The van der Waals surface area contributed by atoms with E-state index in [-0.39, 0.29) is 11.9 Å². The first-order valence-corrected chi connectivity index (χ1v) is 5.87. The van der Waals surface area contributed by atoms with Crippen LogP contribution in [0, 0.1) is 0 Å². The minimum atomic E-state index is -0.0268. The van der Waals surface area contributed by atoms with Gasteiger partial charge < -0.3 is 19.7 Å². The van der Waals surface area contributed by atoms with Crippen LogP contribution in [0.1, 0.15) is 10.4 Å². The maximum atomic E-state index is 12.3. The third kappa shape index (κ3) is 2.26. The molecule has 5 nitrogen and oxygen atoms in total. The molecule has 0 radical (unpaired) electrons. The molecule has 0 spiro atoms. The van der Waals surface area contributed by atoms with Gasteiger partial charge in [0.15, 0.2) is 0 Å². The lowest BCUT2D eigenvalue weighted by molar-refractivity contribution is 0.0678. The Labute approximate surface area is 107 Å². The number of hydrogen-bond acceptors (Lipinski definition) is 4. The fourth-order valence-electron chi connectivity index (χ4n) is 1.88. The van der Waals surface area contributed by atoms with Crippen LogP contribution in [0.3, 0.4) is 0 Å². The molecule has 1 aromatic carbocycles. The van der Waals surface area contributed by atoms with Crippen molar-refractivity contribution in [3.05, 3.63) is 23.8 Å². The van der Waals surface area contributed by atoms with Crippen LogP contribution in [0.15, 0.2) is 18.2 Å². The fraction of sp³-hybridized carbons (Fsp3) is 0.462. The zero-order valence-corrected chi connectivity index (χ0v) is 10.9. The number of benzene rings is 1. The molecule has 1 amide bonds. The second-order valence-corrected chi connectivity index (χ2v) is 4.29. The van der Waals surface area contributed by atoms with E-state index >= 15 is 0 Å². The summed E-state index contributed by atoms with van der Waals surface area (Å²) in [5.74, 6) is 1.19. The third-order valence-corrected chi connectivity index (χ3v) is 3.27. The Kier molecular flexibility index (Phi) is 3.72. The van der Waals surface area contributed by atoms with Crippen LogP contribution in [0.2, 0.25) is 0 Å². The largest absolute Gasteiger partial charge is 0.497 e. The summed E-state index contributed by atoms with van der Waals surface area (Å²) in [5.41, 5.74) is 0.563. The van der Waals surface area contributed by atoms with Crippen molar-refractivity contribution < 1.29 is 14.3 Å². The fourth-order valence-corrected chi connectivity index (χ4v) is 1.88. The van der Waals surface area contributed by atoms with Crippen LogP contribution in [-0.2, 0) is 0 Å². The Morgan fingerprint density at radius 1 is 1.33 bits per heavy atom. The minimum absolute atomic E-state index is 0.0268. The Hall–Kier alpha value is -1.75. The molecule has 0 aromatic heterocycles. The lowest BCUT2D eigenvalue weighted by atomic mass is 10.1. The average Bonchev–Trinajstić information content (AvgIpc) is 2.34. The Morgan fingerprint density at radius 2 is 2.06 bits per heavy atom. The molecule has 0 aliphatic carbocycles. The number of carbonyl (C=O) groups excluding carboxylic acids is 1. The molecule has 2 rings (SSSR count). The second kappa shape index (κ2) is 5.27. The van der Waals surface area contributed by atoms with Crippen LogP contribution in [0.5, 0.6) is 11.5 Å². The van der Waals surface area contributed by atoms with Crippen molar-refractivity contribution >= 4 is 5.91 Å². The number of likely N-dealkylation sites (N-methyl/N-ethyl adjacent to an activating group) is 1. The maximum Gasteiger partial charge on any atom is 0.257 e. The summed E-state index contributed by atoms with van der Waals surface area (Å²) in [6, 6.07) is 5.50. The van der Waals surface area contributed by atoms with E-state index in [0.717, 1.165) is 13.1 Å². The van der Waals surface area contributed by atoms with Gasteiger partial charge in [0.1, 0.15) is 11.5 Å². The van der Waals surface area contributed by atoms with E-state index in [1.807, 2.05) is 7.05 Å². The van der Waals surface area contributed by atoms with Crippen molar-refractivity contribution in [3.8, 4) is 11.5 Å². The summed E-state index contributed by atoms with van der Waals surface area (Å²) in [6.45, 7) is 1.70. The van der Waals surface area contributed by atoms with Crippen molar-refractivity contribution in [2.24, 2.45) is 0 Å². The molecular formula is C13H18N2O3. The first-order valence-electron chi connectivity index (χ1n) is 5.87. The number of rotatable bonds is 4. The van der Waals surface area contributed by atoms with Crippen molar-refractivity contribution in [1.82, 2.24) is 10.2 Å². The highest BCUT2D eigenvalue weighted by Crippen LogP contribution is 2.26. The van der Waals surface area contributed by atoms with Crippen molar-refractivity contribution in [3.63, 3.8) is 0 Å². The highest BCUT2D eigenvalue weighted by Gasteiger charge is 2.27. The molecular weight excluding hydrogens is 232 g/mol. The molecule has 0 bridgehead atoms. The number of carbonyl (C=O) groups is 1. The van der Waals surface area contributed by atoms with E-state index in [4.69, 9.17) is 9.47 Å². The van der Waals surface area contributed by atoms with Gasteiger partial charge in [0.2, 0.25) is 0 Å². The van der Waals surface area contributed by atoms with Crippen molar-refractivity contribution in [2.75, 3.05) is 34.4 Å². The molecule has 1 saturated heterocycles. The molecule has 1 aliphatic rings. The van der Waals surface area contributed by atoms with E-state index in [2.05, 4.69) is 5.32 Å². The summed E-state index contributed by atoms with van der Waals surface area (Å²) in [4.78, 5) is 14.1. The molecule has 0 unspecified atom stereocenters. The lowest BCUT2D eigenvalue weighted by Crippen LogP contribution is -2.57. The quantitative estimate of drug-likeness (QED) is 0.856. The van der Waals surface area contributed by atoms with Crippen LogP contribution in [0.4, 0.5) is 0 Å². The van der Waals surface area contributed by atoms with E-state index in [1.54, 1.807) is 37.3 Å². The van der Waals surface area contributed by atoms with Crippen LogP contribution in [0.25, 0.3) is 0 Å². The van der Waals surface area contributed by atoms with Gasteiger partial charge in [-0.3, -0.25) is 4.79 Å². The highest BCUT2D eigenvalue weighted by molar-refractivity contribution is 5.97. The minimum Gasteiger partial charge on any atom is -0.497 e. The molecule has 98 valence electrons. The number of hydrogen-bond donors (Lipinski definition) is 1. The number of nitrogens with zero attached hydrogens (tertiary/aromatic N) is 1. The number of methoxy groups -OCH3 is 2. The summed E-state index contributed by atoms with van der Waals surface area (Å²) in [7, 11) is 4.95. The summed E-state index contributed by atoms with van der Waals surface area (Å²) in [6.07, 6.45) is 0. The van der Waals surface area contributed by atoms with Gasteiger partial charge >= 0.3 is 0 Å². The molecule has 1 aliphatic heterocycles. The van der Waals surface area contributed by atoms with E-state index in [9.17, 15) is 4.79 Å². The van der Waals surface area contributed by atoms with E-state index < -0.39 is 0 Å². The topological polar surface area (TPSA) is 50.8 Å². The highest BCUT2D eigenvalue weighted by atomic mass is 16.5. The maximum absolute atomic E-state index is 12.3. The molecule has 1 N–H and O–H groups in total. The molecule has 1 aromatic rings. The molecule has 5 heteroatoms. The predicted octanol–water partition coefficient (Wildman–Crippen LogP) is 0.748. The van der Waals surface area contributed by atoms with Gasteiger partial charge in [-0.15, -0.1) is 0 Å². The first-order chi connectivity index (χ1) is 8.67. The summed E-state index contributed by atoms with van der Waals surface area (Å²) < 4.78 is 10.4. The first kappa shape index (κ1) is 12.7. The van der Waals surface area contributed by atoms with Crippen LogP contribution < -0.4 is 14.8 Å². The molecule has 1 heterocycles. The SMILES string of the molecule is COc1ccc(C(=O)N(C)C2CNC2)c(OC)c1. The predicted molar refractivity (Wildman–Crippen MR) is 68.3 cm³/mol. The third-order valence-electron chi connectivity index (χ3n) is 3.27. The monoisotopic (exact) mass is 250 g/mol. The van der Waals surface area contributed by atoms with Gasteiger partial charge in [-0.25, -0.2) is 0 Å². The smallest absolute Gasteiger partial charge is 0.257 e. The molecule has 1 fully saturated rings. The number of amides is 1. The molecule has 18 heavy (non-hydrogen) atoms. The lowest BCUT2D eigenvalue weighted by Gasteiger charge is -2.35. The van der Waals surface area contributed by atoms with E-state index in [1.165, 1.54) is 0 Å².